The average Bonchev–Trinajstić information content (AvgIpc) is 2.60. The van der Waals surface area contributed by atoms with Crippen LogP contribution in [0.25, 0.3) is 0 Å². The second-order valence-corrected chi connectivity index (χ2v) is 5.69. The van der Waals surface area contributed by atoms with E-state index in [0.717, 1.165) is 17.7 Å². The van der Waals surface area contributed by atoms with E-state index in [1.54, 1.807) is 0 Å². The van der Waals surface area contributed by atoms with E-state index in [-0.39, 0.29) is 12.5 Å². The van der Waals surface area contributed by atoms with Crippen molar-refractivity contribution in [3.8, 4) is 5.75 Å². The lowest BCUT2D eigenvalue weighted by Gasteiger charge is -2.12. The summed E-state index contributed by atoms with van der Waals surface area (Å²) in [6, 6.07) is 15.4. The topological polar surface area (TPSA) is 62.4 Å². The summed E-state index contributed by atoms with van der Waals surface area (Å²) in [5.74, 6) is 0.327. The number of hydrogen-bond donors (Lipinski definition) is 3. The van der Waals surface area contributed by atoms with Crippen molar-refractivity contribution in [2.45, 2.75) is 20.3 Å². The third-order valence-electron chi connectivity index (χ3n) is 3.33. The van der Waals surface area contributed by atoms with Crippen molar-refractivity contribution in [2.75, 3.05) is 11.9 Å². The standard InChI is InChI=1S/C18H21N3O2S/c1-3-14-6-8-15(9-7-14)19-18(24)21-20-17(22)12-23-16-10-4-13(2)5-11-16/h4-11H,3,12H2,1-2H3,(H,20,22)(H2,19,21,24). The molecule has 2 aromatic carbocycles. The van der Waals surface area contributed by atoms with Crippen molar-refractivity contribution in [1.82, 2.24) is 10.9 Å². The van der Waals surface area contributed by atoms with Gasteiger partial charge in [-0.3, -0.25) is 15.6 Å². The number of hydrogen-bond acceptors (Lipinski definition) is 3. The monoisotopic (exact) mass is 343 g/mol. The number of nitrogens with one attached hydrogen (secondary N) is 3. The third-order valence-corrected chi connectivity index (χ3v) is 3.53. The molecule has 24 heavy (non-hydrogen) atoms. The van der Waals surface area contributed by atoms with E-state index in [2.05, 4.69) is 23.1 Å². The lowest BCUT2D eigenvalue weighted by Crippen LogP contribution is -2.45. The number of hydrazine groups is 1. The molecule has 0 heterocycles. The van der Waals surface area contributed by atoms with Crippen molar-refractivity contribution in [3.05, 3.63) is 59.7 Å². The van der Waals surface area contributed by atoms with Crippen LogP contribution in [-0.2, 0) is 11.2 Å². The molecule has 0 aromatic heterocycles. The normalized spacial score (nSPS) is 9.92. The van der Waals surface area contributed by atoms with Crippen LogP contribution in [-0.4, -0.2) is 17.6 Å². The van der Waals surface area contributed by atoms with Crippen LogP contribution in [0.3, 0.4) is 0 Å². The van der Waals surface area contributed by atoms with Crippen molar-refractivity contribution < 1.29 is 9.53 Å². The van der Waals surface area contributed by atoms with E-state index in [1.807, 2.05) is 55.5 Å². The van der Waals surface area contributed by atoms with Crippen molar-refractivity contribution in [2.24, 2.45) is 0 Å². The highest BCUT2D eigenvalue weighted by atomic mass is 32.1. The van der Waals surface area contributed by atoms with Gasteiger partial charge in [0.2, 0.25) is 0 Å². The number of anilines is 1. The fourth-order valence-electron chi connectivity index (χ4n) is 1.93. The Bertz CT molecular complexity index is 684. The first-order valence-electron chi connectivity index (χ1n) is 7.71. The molecule has 0 bridgehead atoms. The minimum Gasteiger partial charge on any atom is -0.484 e. The van der Waals surface area contributed by atoms with Crippen LogP contribution in [0, 0.1) is 6.92 Å². The molecule has 0 radical (unpaired) electrons. The smallest absolute Gasteiger partial charge is 0.276 e. The molecule has 0 atom stereocenters. The number of thiocarbonyl (C=S) groups is 1. The zero-order valence-electron chi connectivity index (χ0n) is 13.8. The molecule has 3 N–H and O–H groups in total. The number of amides is 1. The van der Waals surface area contributed by atoms with E-state index in [1.165, 1.54) is 5.56 Å². The molecule has 0 saturated carbocycles. The molecule has 2 rings (SSSR count). The maximum absolute atomic E-state index is 11.7. The second-order valence-electron chi connectivity index (χ2n) is 5.28. The zero-order chi connectivity index (χ0) is 17.4. The number of benzene rings is 2. The Morgan fingerprint density at radius 2 is 1.71 bits per heavy atom. The minimum atomic E-state index is -0.318. The summed E-state index contributed by atoms with van der Waals surface area (Å²) in [5.41, 5.74) is 8.38. The second kappa shape index (κ2) is 8.88. The Kier molecular flexibility index (Phi) is 6.57. The summed E-state index contributed by atoms with van der Waals surface area (Å²) in [7, 11) is 0. The van der Waals surface area contributed by atoms with Gasteiger partial charge in [0.25, 0.3) is 5.91 Å². The van der Waals surface area contributed by atoms with Gasteiger partial charge in [0.1, 0.15) is 5.75 Å². The highest BCUT2D eigenvalue weighted by Crippen LogP contribution is 2.11. The van der Waals surface area contributed by atoms with Gasteiger partial charge in [-0.15, -0.1) is 0 Å². The van der Waals surface area contributed by atoms with Crippen LogP contribution in [0.1, 0.15) is 18.1 Å². The average molecular weight is 343 g/mol. The maximum atomic E-state index is 11.7. The van der Waals surface area contributed by atoms with Crippen molar-refractivity contribution in [3.63, 3.8) is 0 Å². The number of rotatable bonds is 5. The Morgan fingerprint density at radius 3 is 2.33 bits per heavy atom. The van der Waals surface area contributed by atoms with E-state index in [9.17, 15) is 4.79 Å². The SMILES string of the molecule is CCc1ccc(NC(=S)NNC(=O)COc2ccc(C)cc2)cc1. The Morgan fingerprint density at radius 1 is 1.04 bits per heavy atom. The quantitative estimate of drug-likeness (QED) is 0.575. The third kappa shape index (κ3) is 5.89. The summed E-state index contributed by atoms with van der Waals surface area (Å²) >= 11 is 5.13. The number of aryl methyl sites for hydroxylation is 2. The molecule has 0 unspecified atom stereocenters. The predicted molar refractivity (Wildman–Crippen MR) is 100.0 cm³/mol. The summed E-state index contributed by atoms with van der Waals surface area (Å²) in [6.07, 6.45) is 0.986. The first-order valence-corrected chi connectivity index (χ1v) is 8.12. The molecular weight excluding hydrogens is 322 g/mol. The van der Waals surface area contributed by atoms with Gasteiger partial charge in [-0.25, -0.2) is 0 Å². The number of carbonyl (C=O) groups excluding carboxylic acids is 1. The van der Waals surface area contributed by atoms with Gasteiger partial charge in [0.05, 0.1) is 0 Å². The lowest BCUT2D eigenvalue weighted by molar-refractivity contribution is -0.123. The molecule has 126 valence electrons. The summed E-state index contributed by atoms with van der Waals surface area (Å²) < 4.78 is 5.38. The highest BCUT2D eigenvalue weighted by Gasteiger charge is 2.04. The van der Waals surface area contributed by atoms with E-state index in [0.29, 0.717) is 10.9 Å². The fourth-order valence-corrected chi connectivity index (χ4v) is 2.10. The molecule has 0 saturated heterocycles. The van der Waals surface area contributed by atoms with Crippen LogP contribution in [0.2, 0.25) is 0 Å². The van der Waals surface area contributed by atoms with Crippen LogP contribution in [0.15, 0.2) is 48.5 Å². The minimum absolute atomic E-state index is 0.0934. The molecule has 0 aliphatic heterocycles. The molecular formula is C18H21N3O2S. The van der Waals surface area contributed by atoms with Gasteiger partial charge in [-0.2, -0.15) is 0 Å². The maximum Gasteiger partial charge on any atom is 0.276 e. The molecule has 1 amide bonds. The molecule has 0 aliphatic carbocycles. The largest absolute Gasteiger partial charge is 0.484 e. The molecule has 6 heteroatoms. The van der Waals surface area contributed by atoms with Gasteiger partial charge in [0.15, 0.2) is 11.7 Å². The van der Waals surface area contributed by atoms with Crippen LogP contribution >= 0.6 is 12.2 Å². The van der Waals surface area contributed by atoms with Crippen LogP contribution in [0.4, 0.5) is 5.69 Å². The Labute approximate surface area is 147 Å². The molecule has 0 aliphatic rings. The van der Waals surface area contributed by atoms with Gasteiger partial charge in [-0.1, -0.05) is 36.8 Å². The number of ether oxygens (including phenoxy) is 1. The van der Waals surface area contributed by atoms with E-state index < -0.39 is 0 Å². The van der Waals surface area contributed by atoms with Crippen LogP contribution in [0.5, 0.6) is 5.75 Å². The van der Waals surface area contributed by atoms with Gasteiger partial charge < -0.3 is 10.1 Å². The summed E-state index contributed by atoms with van der Waals surface area (Å²) in [5, 5.41) is 3.30. The zero-order valence-corrected chi connectivity index (χ0v) is 14.6. The van der Waals surface area contributed by atoms with E-state index >= 15 is 0 Å². The molecule has 2 aromatic rings. The molecule has 0 fully saturated rings. The van der Waals surface area contributed by atoms with Crippen LogP contribution < -0.4 is 20.9 Å². The van der Waals surface area contributed by atoms with Crippen molar-refractivity contribution in [1.29, 1.82) is 0 Å². The fraction of sp³-hybridized carbons (Fsp3) is 0.222. The van der Waals surface area contributed by atoms with Crippen molar-refractivity contribution >= 4 is 28.9 Å². The summed E-state index contributed by atoms with van der Waals surface area (Å²) in [4.78, 5) is 11.7. The van der Waals surface area contributed by atoms with Gasteiger partial charge in [0, 0.05) is 5.69 Å². The first kappa shape index (κ1) is 17.7. The Hall–Kier alpha value is -2.60. The number of carbonyl (C=O) groups is 1. The molecule has 5 nitrogen and oxygen atoms in total. The first-order chi connectivity index (χ1) is 11.6. The lowest BCUT2D eigenvalue weighted by atomic mass is 10.1. The molecule has 0 spiro atoms. The van der Waals surface area contributed by atoms with E-state index in [4.69, 9.17) is 17.0 Å². The Balaban J connectivity index is 1.70. The highest BCUT2D eigenvalue weighted by molar-refractivity contribution is 7.80. The summed E-state index contributed by atoms with van der Waals surface area (Å²) in [6.45, 7) is 4.00. The van der Waals surface area contributed by atoms with Gasteiger partial charge in [-0.05, 0) is 55.4 Å². The van der Waals surface area contributed by atoms with Gasteiger partial charge >= 0.3 is 0 Å². The predicted octanol–water partition coefficient (Wildman–Crippen LogP) is 2.95.